The van der Waals surface area contributed by atoms with Gasteiger partial charge in [-0.15, -0.1) is 11.3 Å². The Morgan fingerprint density at radius 1 is 1.14 bits per heavy atom. The number of nitrogens with one attached hydrogen (secondary N) is 1. The van der Waals surface area contributed by atoms with Crippen LogP contribution in [-0.2, 0) is 20.8 Å². The maximum Gasteiger partial charge on any atom is 0.341 e. The molecule has 1 amide bonds. The molecule has 2 rings (SSSR count). The van der Waals surface area contributed by atoms with E-state index in [-0.39, 0.29) is 13.2 Å². The maximum atomic E-state index is 12.1. The van der Waals surface area contributed by atoms with Crippen LogP contribution < -0.4 is 14.8 Å². The van der Waals surface area contributed by atoms with Gasteiger partial charge in [-0.2, -0.15) is 0 Å². The molecule has 0 saturated carbocycles. The van der Waals surface area contributed by atoms with E-state index in [2.05, 4.69) is 10.5 Å². The zero-order chi connectivity index (χ0) is 21.2. The maximum absolute atomic E-state index is 12.1. The average Bonchev–Trinajstić information content (AvgIpc) is 3.14. The van der Waals surface area contributed by atoms with Crippen molar-refractivity contribution >= 4 is 34.4 Å². The highest BCUT2D eigenvalue weighted by molar-refractivity contribution is 7.16. The smallest absolute Gasteiger partial charge is 0.341 e. The van der Waals surface area contributed by atoms with Crippen LogP contribution in [0.25, 0.3) is 0 Å². The molecule has 0 spiro atoms. The highest BCUT2D eigenvalue weighted by Gasteiger charge is 2.18. The molecule has 0 aliphatic rings. The van der Waals surface area contributed by atoms with Crippen molar-refractivity contribution in [3.63, 3.8) is 0 Å². The Morgan fingerprint density at radius 2 is 1.90 bits per heavy atom. The van der Waals surface area contributed by atoms with E-state index in [1.165, 1.54) is 17.6 Å². The third-order valence-corrected chi connectivity index (χ3v) is 4.95. The number of amides is 1. The molecule has 0 bridgehead atoms. The Bertz CT molecular complexity index is 878. The van der Waals surface area contributed by atoms with E-state index in [0.29, 0.717) is 22.1 Å². The Balaban J connectivity index is 1.94. The highest BCUT2D eigenvalue weighted by Crippen LogP contribution is 2.29. The van der Waals surface area contributed by atoms with Crippen LogP contribution in [0.4, 0.5) is 5.00 Å². The SMILES string of the molecule is CCOC(=O)c1cc(CC)sc1NC(=O)CO/N=C\c1ccc(OC)c(OC)c1. The fourth-order valence-corrected chi connectivity index (χ4v) is 3.36. The van der Waals surface area contributed by atoms with Gasteiger partial charge in [-0.25, -0.2) is 4.79 Å². The third kappa shape index (κ3) is 6.21. The summed E-state index contributed by atoms with van der Waals surface area (Å²) in [6.45, 7) is 3.66. The fourth-order valence-electron chi connectivity index (χ4n) is 2.36. The lowest BCUT2D eigenvalue weighted by atomic mass is 10.2. The summed E-state index contributed by atoms with van der Waals surface area (Å²) >= 11 is 1.33. The van der Waals surface area contributed by atoms with Crippen LogP contribution >= 0.6 is 11.3 Å². The van der Waals surface area contributed by atoms with E-state index < -0.39 is 11.9 Å². The molecule has 156 valence electrons. The van der Waals surface area contributed by atoms with Gasteiger partial charge in [0, 0.05) is 10.4 Å². The monoisotopic (exact) mass is 420 g/mol. The second-order valence-corrected chi connectivity index (χ2v) is 6.84. The second kappa shape index (κ2) is 11.1. The van der Waals surface area contributed by atoms with Crippen molar-refractivity contribution in [1.29, 1.82) is 0 Å². The normalized spacial score (nSPS) is 10.6. The zero-order valence-corrected chi connectivity index (χ0v) is 17.6. The number of hydrogen-bond acceptors (Lipinski definition) is 8. The van der Waals surface area contributed by atoms with Crippen molar-refractivity contribution in [2.45, 2.75) is 20.3 Å². The minimum Gasteiger partial charge on any atom is -0.493 e. The molecule has 8 nitrogen and oxygen atoms in total. The molecule has 0 aliphatic carbocycles. The molecule has 0 aliphatic heterocycles. The van der Waals surface area contributed by atoms with Crippen molar-refractivity contribution in [3.05, 3.63) is 40.3 Å². The van der Waals surface area contributed by atoms with Gasteiger partial charge in [0.15, 0.2) is 18.1 Å². The summed E-state index contributed by atoms with van der Waals surface area (Å²) in [5, 5.41) is 6.91. The minimum absolute atomic E-state index is 0.261. The van der Waals surface area contributed by atoms with Gasteiger partial charge in [0.25, 0.3) is 5.91 Å². The summed E-state index contributed by atoms with van der Waals surface area (Å²) in [7, 11) is 3.09. The number of anilines is 1. The zero-order valence-electron chi connectivity index (χ0n) is 16.8. The van der Waals surface area contributed by atoms with Crippen LogP contribution in [0.2, 0.25) is 0 Å². The van der Waals surface area contributed by atoms with Crippen LogP contribution in [0.3, 0.4) is 0 Å². The van der Waals surface area contributed by atoms with Crippen LogP contribution in [-0.4, -0.2) is 45.5 Å². The molecule has 1 aromatic carbocycles. The molecule has 29 heavy (non-hydrogen) atoms. The quantitative estimate of drug-likeness (QED) is 0.359. The summed E-state index contributed by atoms with van der Waals surface area (Å²) < 4.78 is 15.4. The molecular formula is C20H24N2O6S. The van der Waals surface area contributed by atoms with Crippen molar-refractivity contribution in [2.75, 3.05) is 32.8 Å². The largest absolute Gasteiger partial charge is 0.493 e. The first kappa shape index (κ1) is 22.2. The van der Waals surface area contributed by atoms with Gasteiger partial charge < -0.3 is 24.4 Å². The predicted molar refractivity (Wildman–Crippen MR) is 111 cm³/mol. The highest BCUT2D eigenvalue weighted by atomic mass is 32.1. The lowest BCUT2D eigenvalue weighted by Gasteiger charge is -2.07. The van der Waals surface area contributed by atoms with E-state index in [1.807, 2.05) is 6.92 Å². The number of esters is 1. The molecule has 0 saturated heterocycles. The summed E-state index contributed by atoms with van der Waals surface area (Å²) in [4.78, 5) is 30.2. The van der Waals surface area contributed by atoms with E-state index in [1.54, 1.807) is 45.4 Å². The Labute approximate surface area is 173 Å². The standard InChI is InChI=1S/C20H24N2O6S/c1-5-14-10-15(20(24)27-6-2)19(29-14)22-18(23)12-28-21-11-13-7-8-16(25-3)17(9-13)26-4/h7-11H,5-6,12H2,1-4H3,(H,22,23)/b21-11-. The van der Waals surface area contributed by atoms with Crippen LogP contribution in [0.1, 0.15) is 34.6 Å². The number of thiophene rings is 1. The van der Waals surface area contributed by atoms with Crippen LogP contribution in [0, 0.1) is 0 Å². The van der Waals surface area contributed by atoms with E-state index in [9.17, 15) is 9.59 Å². The van der Waals surface area contributed by atoms with Gasteiger partial charge in [-0.05, 0) is 37.6 Å². The lowest BCUT2D eigenvalue weighted by molar-refractivity contribution is -0.120. The molecule has 2 aromatic rings. The number of hydrogen-bond donors (Lipinski definition) is 1. The van der Waals surface area contributed by atoms with Gasteiger partial charge in [0.1, 0.15) is 5.00 Å². The Morgan fingerprint density at radius 3 is 2.55 bits per heavy atom. The van der Waals surface area contributed by atoms with E-state index in [0.717, 1.165) is 16.9 Å². The van der Waals surface area contributed by atoms with Crippen molar-refractivity contribution in [2.24, 2.45) is 5.16 Å². The number of benzene rings is 1. The molecule has 0 unspecified atom stereocenters. The number of carbonyl (C=O) groups excluding carboxylic acids is 2. The topological polar surface area (TPSA) is 95.5 Å². The number of carbonyl (C=O) groups is 2. The van der Waals surface area contributed by atoms with Gasteiger partial charge in [-0.3, -0.25) is 4.79 Å². The molecular weight excluding hydrogens is 396 g/mol. The molecule has 0 fully saturated rings. The lowest BCUT2D eigenvalue weighted by Crippen LogP contribution is -2.18. The average molecular weight is 420 g/mol. The molecule has 9 heteroatoms. The van der Waals surface area contributed by atoms with Crippen LogP contribution in [0.15, 0.2) is 29.4 Å². The molecule has 0 radical (unpaired) electrons. The van der Waals surface area contributed by atoms with Crippen LogP contribution in [0.5, 0.6) is 11.5 Å². The van der Waals surface area contributed by atoms with Crippen molar-refractivity contribution in [1.82, 2.24) is 0 Å². The van der Waals surface area contributed by atoms with Gasteiger partial charge in [0.05, 0.1) is 32.6 Å². The first-order valence-corrected chi connectivity index (χ1v) is 9.81. The minimum atomic E-state index is -0.467. The number of aryl methyl sites for hydroxylation is 1. The molecule has 1 N–H and O–H groups in total. The third-order valence-electron chi connectivity index (χ3n) is 3.76. The summed E-state index contributed by atoms with van der Waals surface area (Å²) in [5.74, 6) is 0.269. The number of rotatable bonds is 10. The molecule has 1 heterocycles. The van der Waals surface area contributed by atoms with Crippen molar-refractivity contribution in [3.8, 4) is 11.5 Å². The predicted octanol–water partition coefficient (Wildman–Crippen LogP) is 3.49. The summed E-state index contributed by atoms with van der Waals surface area (Å²) in [5.41, 5.74) is 1.06. The van der Waals surface area contributed by atoms with Gasteiger partial charge in [-0.1, -0.05) is 12.1 Å². The number of ether oxygens (including phenoxy) is 3. The first-order valence-electron chi connectivity index (χ1n) is 8.99. The van der Waals surface area contributed by atoms with Crippen molar-refractivity contribution < 1.29 is 28.6 Å². The number of methoxy groups -OCH3 is 2. The van der Waals surface area contributed by atoms with Gasteiger partial charge >= 0.3 is 5.97 Å². The summed E-state index contributed by atoms with van der Waals surface area (Å²) in [6, 6.07) is 6.98. The first-order chi connectivity index (χ1) is 14.0. The Hall–Kier alpha value is -3.07. The Kier molecular flexibility index (Phi) is 8.47. The molecule has 0 atom stereocenters. The van der Waals surface area contributed by atoms with E-state index >= 15 is 0 Å². The molecule has 1 aromatic heterocycles. The van der Waals surface area contributed by atoms with Gasteiger partial charge in [0.2, 0.25) is 0 Å². The van der Waals surface area contributed by atoms with E-state index in [4.69, 9.17) is 19.0 Å². The summed E-state index contributed by atoms with van der Waals surface area (Å²) in [6.07, 6.45) is 2.21. The fraction of sp³-hybridized carbons (Fsp3) is 0.350. The number of oxime groups is 1. The number of nitrogens with zero attached hydrogens (tertiary/aromatic N) is 1. The second-order valence-electron chi connectivity index (χ2n) is 5.70.